The van der Waals surface area contributed by atoms with Gasteiger partial charge in [0.2, 0.25) is 0 Å². The SMILES string of the molecule is CCOC(=O)Nc1ccc(NCc2ccc(OC)cc2)cc1. The number of anilines is 2. The van der Waals surface area contributed by atoms with Crippen LogP contribution in [-0.2, 0) is 11.3 Å². The summed E-state index contributed by atoms with van der Waals surface area (Å²) in [6.07, 6.45) is -0.443. The zero-order chi connectivity index (χ0) is 15.8. The quantitative estimate of drug-likeness (QED) is 0.850. The van der Waals surface area contributed by atoms with E-state index in [-0.39, 0.29) is 0 Å². The van der Waals surface area contributed by atoms with Crippen molar-refractivity contribution in [1.29, 1.82) is 0 Å². The monoisotopic (exact) mass is 300 g/mol. The zero-order valence-electron chi connectivity index (χ0n) is 12.8. The smallest absolute Gasteiger partial charge is 0.411 e. The third-order valence-corrected chi connectivity index (χ3v) is 3.06. The van der Waals surface area contributed by atoms with E-state index in [2.05, 4.69) is 10.6 Å². The minimum Gasteiger partial charge on any atom is -0.497 e. The first-order valence-corrected chi connectivity index (χ1v) is 7.12. The van der Waals surface area contributed by atoms with Gasteiger partial charge in [-0.25, -0.2) is 4.79 Å². The molecular weight excluding hydrogens is 280 g/mol. The maximum absolute atomic E-state index is 11.3. The van der Waals surface area contributed by atoms with Crippen LogP contribution in [0.25, 0.3) is 0 Å². The first-order chi connectivity index (χ1) is 10.7. The zero-order valence-corrected chi connectivity index (χ0v) is 12.8. The van der Waals surface area contributed by atoms with Crippen LogP contribution in [-0.4, -0.2) is 19.8 Å². The summed E-state index contributed by atoms with van der Waals surface area (Å²) in [6.45, 7) is 2.84. The van der Waals surface area contributed by atoms with Gasteiger partial charge in [0, 0.05) is 17.9 Å². The molecule has 0 aliphatic heterocycles. The standard InChI is InChI=1S/C17H20N2O3/c1-3-22-17(20)19-15-8-6-14(7-9-15)18-12-13-4-10-16(21-2)11-5-13/h4-11,18H,3,12H2,1-2H3,(H,19,20). The molecular formula is C17H20N2O3. The van der Waals surface area contributed by atoms with E-state index in [1.165, 1.54) is 0 Å². The van der Waals surface area contributed by atoms with Gasteiger partial charge in [-0.1, -0.05) is 12.1 Å². The van der Waals surface area contributed by atoms with Crippen molar-refractivity contribution >= 4 is 17.5 Å². The second-order valence-electron chi connectivity index (χ2n) is 4.62. The predicted molar refractivity (Wildman–Crippen MR) is 87.4 cm³/mol. The molecule has 5 nitrogen and oxygen atoms in total. The van der Waals surface area contributed by atoms with E-state index in [1.807, 2.05) is 48.5 Å². The summed E-state index contributed by atoms with van der Waals surface area (Å²) in [7, 11) is 1.65. The Bertz CT molecular complexity index is 594. The number of carbonyl (C=O) groups is 1. The highest BCUT2D eigenvalue weighted by Gasteiger charge is 2.01. The summed E-state index contributed by atoms with van der Waals surface area (Å²) in [6, 6.07) is 15.4. The van der Waals surface area contributed by atoms with Crippen LogP contribution in [0.3, 0.4) is 0 Å². The van der Waals surface area contributed by atoms with E-state index in [0.29, 0.717) is 18.8 Å². The molecule has 0 spiro atoms. The Hall–Kier alpha value is -2.69. The molecule has 0 aliphatic carbocycles. The maximum atomic E-state index is 11.3. The van der Waals surface area contributed by atoms with Crippen molar-refractivity contribution in [2.24, 2.45) is 0 Å². The van der Waals surface area contributed by atoms with Crippen LogP contribution in [0.4, 0.5) is 16.2 Å². The molecule has 0 heterocycles. The Morgan fingerprint density at radius 3 is 2.23 bits per heavy atom. The molecule has 2 aromatic carbocycles. The molecule has 0 atom stereocenters. The first kappa shape index (κ1) is 15.7. The molecule has 0 unspecified atom stereocenters. The molecule has 5 heteroatoms. The second kappa shape index (κ2) is 7.93. The van der Waals surface area contributed by atoms with E-state index in [0.717, 1.165) is 17.0 Å². The van der Waals surface area contributed by atoms with Crippen molar-refractivity contribution in [3.63, 3.8) is 0 Å². The van der Waals surface area contributed by atoms with Gasteiger partial charge in [0.05, 0.1) is 13.7 Å². The number of hydrogen-bond donors (Lipinski definition) is 2. The average Bonchev–Trinajstić information content (AvgIpc) is 2.55. The number of ether oxygens (including phenoxy) is 2. The maximum Gasteiger partial charge on any atom is 0.411 e. The van der Waals surface area contributed by atoms with Gasteiger partial charge in [-0.05, 0) is 48.9 Å². The van der Waals surface area contributed by atoms with Crippen LogP contribution < -0.4 is 15.4 Å². The number of hydrogen-bond acceptors (Lipinski definition) is 4. The van der Waals surface area contributed by atoms with E-state index in [9.17, 15) is 4.79 Å². The topological polar surface area (TPSA) is 59.6 Å². The summed E-state index contributed by atoms with van der Waals surface area (Å²) >= 11 is 0. The summed E-state index contributed by atoms with van der Waals surface area (Å²) in [5, 5.41) is 5.97. The molecule has 0 aromatic heterocycles. The molecule has 0 saturated carbocycles. The van der Waals surface area contributed by atoms with E-state index in [4.69, 9.17) is 9.47 Å². The Kier molecular flexibility index (Phi) is 5.65. The number of carbonyl (C=O) groups excluding carboxylic acids is 1. The first-order valence-electron chi connectivity index (χ1n) is 7.12. The van der Waals surface area contributed by atoms with E-state index >= 15 is 0 Å². The van der Waals surface area contributed by atoms with Crippen molar-refractivity contribution in [2.75, 3.05) is 24.4 Å². The predicted octanol–water partition coefficient (Wildman–Crippen LogP) is 3.88. The minimum absolute atomic E-state index is 0.354. The minimum atomic E-state index is -0.443. The fourth-order valence-corrected chi connectivity index (χ4v) is 1.90. The van der Waals surface area contributed by atoms with Crippen LogP contribution >= 0.6 is 0 Å². The number of rotatable bonds is 6. The summed E-state index contributed by atoms with van der Waals surface area (Å²) in [4.78, 5) is 11.3. The van der Waals surface area contributed by atoms with Crippen molar-refractivity contribution in [3.05, 3.63) is 54.1 Å². The molecule has 2 rings (SSSR count). The Balaban J connectivity index is 1.86. The molecule has 2 aromatic rings. The molecule has 0 saturated heterocycles. The fraction of sp³-hybridized carbons (Fsp3) is 0.235. The third kappa shape index (κ3) is 4.70. The Morgan fingerprint density at radius 2 is 1.64 bits per heavy atom. The van der Waals surface area contributed by atoms with Crippen LogP contribution in [0.1, 0.15) is 12.5 Å². The number of benzene rings is 2. The number of nitrogens with one attached hydrogen (secondary N) is 2. The van der Waals surface area contributed by atoms with Crippen molar-refractivity contribution < 1.29 is 14.3 Å². The summed E-state index contributed by atoms with van der Waals surface area (Å²) in [5.74, 6) is 0.846. The lowest BCUT2D eigenvalue weighted by Gasteiger charge is -2.09. The van der Waals surface area contributed by atoms with Gasteiger partial charge in [0.1, 0.15) is 5.75 Å². The lowest BCUT2D eigenvalue weighted by Crippen LogP contribution is -2.13. The number of methoxy groups -OCH3 is 1. The summed E-state index contributed by atoms with van der Waals surface area (Å²) in [5.41, 5.74) is 2.84. The van der Waals surface area contributed by atoms with Gasteiger partial charge in [-0.2, -0.15) is 0 Å². The molecule has 116 valence electrons. The van der Waals surface area contributed by atoms with Gasteiger partial charge >= 0.3 is 6.09 Å². The van der Waals surface area contributed by atoms with Crippen molar-refractivity contribution in [1.82, 2.24) is 0 Å². The Labute approximate surface area is 130 Å². The van der Waals surface area contributed by atoms with Crippen LogP contribution in [0.15, 0.2) is 48.5 Å². The van der Waals surface area contributed by atoms with Gasteiger partial charge < -0.3 is 14.8 Å². The van der Waals surface area contributed by atoms with Crippen LogP contribution in [0, 0.1) is 0 Å². The van der Waals surface area contributed by atoms with Gasteiger partial charge in [-0.15, -0.1) is 0 Å². The normalized spacial score (nSPS) is 9.91. The van der Waals surface area contributed by atoms with Crippen molar-refractivity contribution in [2.45, 2.75) is 13.5 Å². The van der Waals surface area contributed by atoms with Gasteiger partial charge in [0.25, 0.3) is 0 Å². The number of amides is 1. The highest BCUT2D eigenvalue weighted by Crippen LogP contribution is 2.16. The lowest BCUT2D eigenvalue weighted by atomic mass is 10.2. The molecule has 0 bridgehead atoms. The molecule has 0 aliphatic rings. The molecule has 22 heavy (non-hydrogen) atoms. The second-order valence-corrected chi connectivity index (χ2v) is 4.62. The van der Waals surface area contributed by atoms with Crippen LogP contribution in [0.5, 0.6) is 5.75 Å². The average molecular weight is 300 g/mol. The van der Waals surface area contributed by atoms with Gasteiger partial charge in [0.15, 0.2) is 0 Å². The highest BCUT2D eigenvalue weighted by atomic mass is 16.5. The molecule has 1 amide bonds. The molecule has 0 radical (unpaired) electrons. The largest absolute Gasteiger partial charge is 0.497 e. The van der Waals surface area contributed by atoms with Gasteiger partial charge in [-0.3, -0.25) is 5.32 Å². The Morgan fingerprint density at radius 1 is 1.00 bits per heavy atom. The fourth-order valence-electron chi connectivity index (χ4n) is 1.90. The molecule has 2 N–H and O–H groups in total. The lowest BCUT2D eigenvalue weighted by molar-refractivity contribution is 0.168. The highest BCUT2D eigenvalue weighted by molar-refractivity contribution is 5.84. The summed E-state index contributed by atoms with van der Waals surface area (Å²) < 4.78 is 9.95. The molecule has 0 fully saturated rings. The van der Waals surface area contributed by atoms with Crippen molar-refractivity contribution in [3.8, 4) is 5.75 Å². The van der Waals surface area contributed by atoms with E-state index < -0.39 is 6.09 Å². The van der Waals surface area contributed by atoms with E-state index in [1.54, 1.807) is 14.0 Å². The third-order valence-electron chi connectivity index (χ3n) is 3.06. The van der Waals surface area contributed by atoms with Crippen LogP contribution in [0.2, 0.25) is 0 Å².